The molecule has 1 aromatic carbocycles. The van der Waals surface area contributed by atoms with E-state index in [9.17, 15) is 4.39 Å². The highest BCUT2D eigenvalue weighted by atomic mass is 79.9. The van der Waals surface area contributed by atoms with E-state index in [1.165, 1.54) is 18.3 Å². The molecule has 0 fully saturated rings. The van der Waals surface area contributed by atoms with Crippen LogP contribution in [0, 0.1) is 5.82 Å². The van der Waals surface area contributed by atoms with Gasteiger partial charge in [-0.05, 0) is 46.3 Å². The third-order valence-corrected chi connectivity index (χ3v) is 2.89. The molecular formula is C12H10BrFN2O. The van der Waals surface area contributed by atoms with Crippen molar-refractivity contribution in [3.05, 3.63) is 52.5 Å². The number of hydrogen-bond acceptors (Lipinski definition) is 3. The van der Waals surface area contributed by atoms with Crippen LogP contribution in [-0.4, -0.2) is 10.1 Å². The molecular weight excluding hydrogens is 287 g/mol. The normalized spacial score (nSPS) is 10.2. The summed E-state index contributed by atoms with van der Waals surface area (Å²) in [6, 6.07) is 7.70. The van der Waals surface area contributed by atoms with Crippen LogP contribution < -0.4 is 5.32 Å². The second-order valence-electron chi connectivity index (χ2n) is 3.49. The third kappa shape index (κ3) is 3.17. The van der Waals surface area contributed by atoms with Crippen molar-refractivity contribution in [2.75, 3.05) is 5.32 Å². The van der Waals surface area contributed by atoms with E-state index in [4.69, 9.17) is 5.11 Å². The Hall–Kier alpha value is -1.62. The number of anilines is 1. The summed E-state index contributed by atoms with van der Waals surface area (Å²) in [5.74, 6) is -0.171. The van der Waals surface area contributed by atoms with Gasteiger partial charge < -0.3 is 10.4 Å². The summed E-state index contributed by atoms with van der Waals surface area (Å²) in [7, 11) is 0. The first-order chi connectivity index (χ1) is 8.15. The van der Waals surface area contributed by atoms with E-state index in [0.717, 1.165) is 10.2 Å². The molecule has 2 N–H and O–H groups in total. The molecule has 2 rings (SSSR count). The number of benzene rings is 1. The number of aromatic nitrogens is 1. The lowest BCUT2D eigenvalue weighted by Gasteiger charge is -2.08. The molecule has 0 radical (unpaired) electrons. The van der Waals surface area contributed by atoms with Gasteiger partial charge in [-0.2, -0.15) is 0 Å². The molecule has 5 heteroatoms. The number of aromatic hydroxyl groups is 1. The molecule has 1 heterocycles. The third-order valence-electron chi connectivity index (χ3n) is 2.20. The van der Waals surface area contributed by atoms with Crippen LogP contribution in [0.2, 0.25) is 0 Å². The fraction of sp³-hybridized carbons (Fsp3) is 0.0833. The highest BCUT2D eigenvalue weighted by Crippen LogP contribution is 2.23. The van der Waals surface area contributed by atoms with Gasteiger partial charge in [-0.25, -0.2) is 4.39 Å². The van der Waals surface area contributed by atoms with E-state index >= 15 is 0 Å². The van der Waals surface area contributed by atoms with Gasteiger partial charge in [0.25, 0.3) is 0 Å². The minimum absolute atomic E-state index is 0.126. The van der Waals surface area contributed by atoms with E-state index < -0.39 is 0 Å². The van der Waals surface area contributed by atoms with Gasteiger partial charge in [0.05, 0.1) is 24.1 Å². The molecule has 0 atom stereocenters. The second-order valence-corrected chi connectivity index (χ2v) is 4.34. The zero-order valence-electron chi connectivity index (χ0n) is 8.82. The molecule has 0 saturated heterocycles. The molecule has 0 bridgehead atoms. The van der Waals surface area contributed by atoms with Gasteiger partial charge in [0.15, 0.2) is 0 Å². The quantitative estimate of drug-likeness (QED) is 0.913. The Balaban J connectivity index is 2.07. The van der Waals surface area contributed by atoms with E-state index in [-0.39, 0.29) is 11.6 Å². The van der Waals surface area contributed by atoms with Gasteiger partial charge in [0.1, 0.15) is 11.6 Å². The zero-order valence-corrected chi connectivity index (χ0v) is 10.4. The van der Waals surface area contributed by atoms with Crippen LogP contribution in [0.1, 0.15) is 5.69 Å². The molecule has 88 valence electrons. The van der Waals surface area contributed by atoms with E-state index in [2.05, 4.69) is 26.2 Å². The molecule has 0 aliphatic carbocycles. The summed E-state index contributed by atoms with van der Waals surface area (Å²) in [6.45, 7) is 0.461. The highest BCUT2D eigenvalue weighted by Gasteiger charge is 2.02. The Morgan fingerprint density at radius 2 is 2.12 bits per heavy atom. The number of halogens is 2. The van der Waals surface area contributed by atoms with Crippen molar-refractivity contribution in [3.8, 4) is 5.75 Å². The van der Waals surface area contributed by atoms with Crippen molar-refractivity contribution < 1.29 is 9.50 Å². The van der Waals surface area contributed by atoms with Crippen LogP contribution in [0.25, 0.3) is 0 Å². The van der Waals surface area contributed by atoms with Gasteiger partial charge in [-0.3, -0.25) is 4.98 Å². The summed E-state index contributed by atoms with van der Waals surface area (Å²) in [5, 5.41) is 12.1. The Labute approximate surface area is 106 Å². The van der Waals surface area contributed by atoms with E-state index in [1.54, 1.807) is 18.2 Å². The molecule has 17 heavy (non-hydrogen) atoms. The van der Waals surface area contributed by atoms with Crippen molar-refractivity contribution in [2.45, 2.75) is 6.54 Å². The minimum atomic E-state index is -0.297. The van der Waals surface area contributed by atoms with Crippen LogP contribution in [-0.2, 0) is 6.54 Å². The Kier molecular flexibility index (Phi) is 3.58. The first-order valence-corrected chi connectivity index (χ1v) is 5.77. The van der Waals surface area contributed by atoms with Crippen molar-refractivity contribution in [1.82, 2.24) is 4.98 Å². The molecule has 0 amide bonds. The number of pyridine rings is 1. The van der Waals surface area contributed by atoms with Gasteiger partial charge in [0.2, 0.25) is 0 Å². The number of hydrogen-bond donors (Lipinski definition) is 2. The minimum Gasteiger partial charge on any atom is -0.506 e. The highest BCUT2D eigenvalue weighted by molar-refractivity contribution is 9.10. The molecule has 0 aliphatic heterocycles. The van der Waals surface area contributed by atoms with Crippen LogP contribution >= 0.6 is 15.9 Å². The number of nitrogens with one attached hydrogen (secondary N) is 1. The fourth-order valence-corrected chi connectivity index (χ4v) is 1.73. The van der Waals surface area contributed by atoms with Gasteiger partial charge in [0, 0.05) is 4.47 Å². The molecule has 0 saturated carbocycles. The van der Waals surface area contributed by atoms with Crippen molar-refractivity contribution in [2.24, 2.45) is 0 Å². The molecule has 0 aliphatic rings. The topological polar surface area (TPSA) is 45.1 Å². The smallest absolute Gasteiger partial charge is 0.133 e. The molecule has 0 unspecified atom stereocenters. The lowest BCUT2D eigenvalue weighted by molar-refractivity contribution is 0.472. The molecule has 3 nitrogen and oxygen atoms in total. The fourth-order valence-electron chi connectivity index (χ4n) is 1.34. The average Bonchev–Trinajstić information content (AvgIpc) is 2.32. The SMILES string of the molecule is Oc1ccc(CNc2cc(F)ccc2Br)nc1. The summed E-state index contributed by atoms with van der Waals surface area (Å²) in [4.78, 5) is 4.02. The summed E-state index contributed by atoms with van der Waals surface area (Å²) >= 11 is 3.33. The molecule has 0 spiro atoms. The number of rotatable bonds is 3. The predicted octanol–water partition coefficient (Wildman–Crippen LogP) is 3.30. The van der Waals surface area contributed by atoms with Crippen LogP contribution in [0.4, 0.5) is 10.1 Å². The van der Waals surface area contributed by atoms with Crippen LogP contribution in [0.5, 0.6) is 5.75 Å². The lowest BCUT2D eigenvalue weighted by atomic mass is 10.3. The average molecular weight is 297 g/mol. The summed E-state index contributed by atoms with van der Waals surface area (Å²) in [5.41, 5.74) is 1.43. The number of nitrogens with zero attached hydrogens (tertiary/aromatic N) is 1. The van der Waals surface area contributed by atoms with Crippen molar-refractivity contribution in [1.29, 1.82) is 0 Å². The Bertz CT molecular complexity index is 516. The lowest BCUT2D eigenvalue weighted by Crippen LogP contribution is -2.02. The summed E-state index contributed by atoms with van der Waals surface area (Å²) < 4.78 is 13.8. The van der Waals surface area contributed by atoms with Crippen molar-refractivity contribution in [3.63, 3.8) is 0 Å². The zero-order chi connectivity index (χ0) is 12.3. The first-order valence-electron chi connectivity index (χ1n) is 4.98. The largest absolute Gasteiger partial charge is 0.506 e. The molecule has 1 aromatic heterocycles. The predicted molar refractivity (Wildman–Crippen MR) is 67.3 cm³/mol. The Morgan fingerprint density at radius 1 is 1.29 bits per heavy atom. The van der Waals surface area contributed by atoms with E-state index in [1.807, 2.05) is 0 Å². The van der Waals surface area contributed by atoms with Crippen molar-refractivity contribution >= 4 is 21.6 Å². The Morgan fingerprint density at radius 3 is 2.82 bits per heavy atom. The van der Waals surface area contributed by atoms with Crippen LogP contribution in [0.3, 0.4) is 0 Å². The molecule has 2 aromatic rings. The van der Waals surface area contributed by atoms with E-state index in [0.29, 0.717) is 12.2 Å². The second kappa shape index (κ2) is 5.14. The summed E-state index contributed by atoms with van der Waals surface area (Å²) in [6.07, 6.45) is 1.37. The maximum absolute atomic E-state index is 13.0. The van der Waals surface area contributed by atoms with Gasteiger partial charge >= 0.3 is 0 Å². The standard InChI is InChI=1S/C12H10BrFN2O/c13-11-4-1-8(14)5-12(11)16-6-9-2-3-10(17)7-15-9/h1-5,7,16-17H,6H2. The maximum atomic E-state index is 13.0. The maximum Gasteiger partial charge on any atom is 0.133 e. The van der Waals surface area contributed by atoms with Gasteiger partial charge in [-0.1, -0.05) is 0 Å². The first kappa shape index (κ1) is 11.9. The monoisotopic (exact) mass is 296 g/mol. The van der Waals surface area contributed by atoms with Crippen LogP contribution in [0.15, 0.2) is 41.0 Å². The van der Waals surface area contributed by atoms with Gasteiger partial charge in [-0.15, -0.1) is 0 Å².